The van der Waals surface area contributed by atoms with Crippen molar-refractivity contribution in [3.05, 3.63) is 96.1 Å². The molecule has 3 aromatic rings. The van der Waals surface area contributed by atoms with Crippen LogP contribution in [0.1, 0.15) is 5.56 Å². The van der Waals surface area contributed by atoms with E-state index < -0.39 is 23.4 Å². The van der Waals surface area contributed by atoms with Crippen LogP contribution in [0.5, 0.6) is 0 Å². The van der Waals surface area contributed by atoms with Crippen LogP contribution in [0.2, 0.25) is 0 Å². The molecular formula is C21H16F2N2O2. The highest BCUT2D eigenvalue weighted by molar-refractivity contribution is 6.44. The lowest BCUT2D eigenvalue weighted by molar-refractivity contribution is -0.134. The largest absolute Gasteiger partial charge is 0.316 e. The molecule has 4 nitrogen and oxygen atoms in total. The van der Waals surface area contributed by atoms with Gasteiger partial charge in [-0.05, 0) is 29.8 Å². The fraction of sp³-hybridized carbons (Fsp3) is 0.0476. The van der Waals surface area contributed by atoms with Gasteiger partial charge in [0.15, 0.2) is 0 Å². The number of benzene rings is 3. The molecule has 0 bridgehead atoms. The first-order valence-electron chi connectivity index (χ1n) is 8.21. The zero-order valence-electron chi connectivity index (χ0n) is 14.2. The van der Waals surface area contributed by atoms with Crippen LogP contribution in [0.3, 0.4) is 0 Å². The predicted molar refractivity (Wildman–Crippen MR) is 99.1 cm³/mol. The number of hydrogen-bond acceptors (Lipinski definition) is 2. The summed E-state index contributed by atoms with van der Waals surface area (Å²) < 4.78 is 26.8. The Labute approximate surface area is 155 Å². The Morgan fingerprint density at radius 3 is 2.11 bits per heavy atom. The number of rotatable bonds is 4. The second kappa shape index (κ2) is 8.23. The van der Waals surface area contributed by atoms with Gasteiger partial charge in [-0.3, -0.25) is 14.5 Å². The van der Waals surface area contributed by atoms with E-state index in [1.807, 2.05) is 30.3 Å². The molecule has 0 unspecified atom stereocenters. The molecule has 0 aliphatic rings. The smallest absolute Gasteiger partial charge is 0.315 e. The molecule has 0 atom stereocenters. The zero-order chi connectivity index (χ0) is 19.2. The van der Waals surface area contributed by atoms with Crippen molar-refractivity contribution < 1.29 is 18.4 Å². The number of anilines is 2. The van der Waals surface area contributed by atoms with Gasteiger partial charge >= 0.3 is 11.8 Å². The fourth-order valence-corrected chi connectivity index (χ4v) is 2.54. The van der Waals surface area contributed by atoms with Crippen LogP contribution >= 0.6 is 0 Å². The summed E-state index contributed by atoms with van der Waals surface area (Å²) in [7, 11) is 0. The summed E-state index contributed by atoms with van der Waals surface area (Å²) in [4.78, 5) is 26.4. The zero-order valence-corrected chi connectivity index (χ0v) is 14.2. The number of nitrogens with one attached hydrogen (secondary N) is 1. The number of para-hydroxylation sites is 1. The van der Waals surface area contributed by atoms with Gasteiger partial charge in [0.05, 0.1) is 12.2 Å². The number of hydrogen-bond donors (Lipinski definition) is 1. The second-order valence-corrected chi connectivity index (χ2v) is 5.79. The van der Waals surface area contributed by atoms with Gasteiger partial charge in [-0.2, -0.15) is 0 Å². The van der Waals surface area contributed by atoms with E-state index in [1.54, 1.807) is 30.3 Å². The Hall–Kier alpha value is -3.54. The van der Waals surface area contributed by atoms with Gasteiger partial charge in [-0.25, -0.2) is 8.78 Å². The van der Waals surface area contributed by atoms with Crippen molar-refractivity contribution in [3.8, 4) is 0 Å². The van der Waals surface area contributed by atoms with Crippen molar-refractivity contribution in [2.45, 2.75) is 6.54 Å². The lowest BCUT2D eigenvalue weighted by Crippen LogP contribution is -2.39. The number of halogens is 2. The second-order valence-electron chi connectivity index (χ2n) is 5.79. The van der Waals surface area contributed by atoms with E-state index in [2.05, 4.69) is 5.32 Å². The lowest BCUT2D eigenvalue weighted by Gasteiger charge is -2.22. The fourth-order valence-electron chi connectivity index (χ4n) is 2.54. The van der Waals surface area contributed by atoms with Crippen molar-refractivity contribution in [2.75, 3.05) is 10.2 Å². The molecule has 1 N–H and O–H groups in total. The molecule has 0 radical (unpaired) electrons. The lowest BCUT2D eigenvalue weighted by atomic mass is 10.2. The molecule has 136 valence electrons. The number of carbonyl (C=O) groups is 2. The minimum Gasteiger partial charge on any atom is -0.315 e. The van der Waals surface area contributed by atoms with Crippen LogP contribution in [0.25, 0.3) is 0 Å². The molecule has 0 aliphatic carbocycles. The van der Waals surface area contributed by atoms with Crippen molar-refractivity contribution >= 4 is 23.2 Å². The SMILES string of the molecule is O=C(Nc1ccc(F)cc1F)C(=O)N(Cc1ccccc1)c1ccccc1. The first-order valence-corrected chi connectivity index (χ1v) is 8.21. The predicted octanol–water partition coefficient (Wildman–Crippen LogP) is 4.14. The van der Waals surface area contributed by atoms with E-state index in [0.717, 1.165) is 17.7 Å². The highest BCUT2D eigenvalue weighted by Gasteiger charge is 2.24. The summed E-state index contributed by atoms with van der Waals surface area (Å²) in [6.07, 6.45) is 0. The normalized spacial score (nSPS) is 10.3. The molecule has 0 saturated carbocycles. The average molecular weight is 366 g/mol. The van der Waals surface area contributed by atoms with Crippen molar-refractivity contribution in [1.29, 1.82) is 0 Å². The topological polar surface area (TPSA) is 49.4 Å². The molecule has 3 aromatic carbocycles. The van der Waals surface area contributed by atoms with E-state index in [9.17, 15) is 18.4 Å². The van der Waals surface area contributed by atoms with Gasteiger partial charge in [0.25, 0.3) is 0 Å². The number of carbonyl (C=O) groups excluding carboxylic acids is 2. The third kappa shape index (κ3) is 4.55. The first kappa shape index (κ1) is 18.3. The molecule has 27 heavy (non-hydrogen) atoms. The third-order valence-electron chi connectivity index (χ3n) is 3.87. The van der Waals surface area contributed by atoms with Gasteiger partial charge in [-0.15, -0.1) is 0 Å². The molecule has 0 fully saturated rings. The molecule has 0 aliphatic heterocycles. The maximum absolute atomic E-state index is 13.8. The molecule has 0 heterocycles. The van der Waals surface area contributed by atoms with Crippen molar-refractivity contribution in [1.82, 2.24) is 0 Å². The summed E-state index contributed by atoms with van der Waals surface area (Å²) in [6.45, 7) is 0.170. The van der Waals surface area contributed by atoms with E-state index in [-0.39, 0.29) is 12.2 Å². The Morgan fingerprint density at radius 2 is 1.48 bits per heavy atom. The van der Waals surface area contributed by atoms with Crippen LogP contribution in [0.4, 0.5) is 20.2 Å². The van der Waals surface area contributed by atoms with E-state index >= 15 is 0 Å². The molecular weight excluding hydrogens is 350 g/mol. The summed E-state index contributed by atoms with van der Waals surface area (Å²) in [6, 6.07) is 20.6. The van der Waals surface area contributed by atoms with Crippen molar-refractivity contribution in [3.63, 3.8) is 0 Å². The maximum atomic E-state index is 13.8. The number of amides is 2. The third-order valence-corrected chi connectivity index (χ3v) is 3.87. The van der Waals surface area contributed by atoms with Gasteiger partial charge < -0.3 is 5.32 Å². The van der Waals surface area contributed by atoms with Gasteiger partial charge in [0, 0.05) is 11.8 Å². The van der Waals surface area contributed by atoms with Crippen LogP contribution in [0.15, 0.2) is 78.9 Å². The van der Waals surface area contributed by atoms with Gasteiger partial charge in [0.2, 0.25) is 0 Å². The Balaban J connectivity index is 1.84. The summed E-state index contributed by atoms with van der Waals surface area (Å²) in [5.74, 6) is -3.59. The molecule has 0 saturated heterocycles. The maximum Gasteiger partial charge on any atom is 0.316 e. The van der Waals surface area contributed by atoms with E-state index in [1.165, 1.54) is 4.90 Å². The molecule has 6 heteroatoms. The van der Waals surface area contributed by atoms with Crippen molar-refractivity contribution in [2.24, 2.45) is 0 Å². The van der Waals surface area contributed by atoms with Gasteiger partial charge in [0.1, 0.15) is 11.6 Å². The first-order chi connectivity index (χ1) is 13.0. The molecule has 0 aromatic heterocycles. The highest BCUT2D eigenvalue weighted by atomic mass is 19.1. The van der Waals surface area contributed by atoms with Crippen LogP contribution in [0, 0.1) is 11.6 Å². The quantitative estimate of drug-likeness (QED) is 0.706. The molecule has 2 amide bonds. The Bertz CT molecular complexity index is 947. The van der Waals surface area contributed by atoms with Crippen LogP contribution in [-0.2, 0) is 16.1 Å². The number of nitrogens with zero attached hydrogens (tertiary/aromatic N) is 1. The van der Waals surface area contributed by atoms with E-state index in [4.69, 9.17) is 0 Å². The minimum absolute atomic E-state index is 0.170. The summed E-state index contributed by atoms with van der Waals surface area (Å²) in [5.41, 5.74) is 1.10. The average Bonchev–Trinajstić information content (AvgIpc) is 2.69. The minimum atomic E-state index is -1.01. The molecule has 3 rings (SSSR count). The van der Waals surface area contributed by atoms with E-state index in [0.29, 0.717) is 11.8 Å². The summed E-state index contributed by atoms with van der Waals surface area (Å²) in [5, 5.41) is 2.20. The monoisotopic (exact) mass is 366 g/mol. The van der Waals surface area contributed by atoms with Crippen LogP contribution in [-0.4, -0.2) is 11.8 Å². The standard InChI is InChI=1S/C21H16F2N2O2/c22-16-11-12-19(18(23)13-16)24-20(26)21(27)25(17-9-5-2-6-10-17)14-15-7-3-1-4-8-15/h1-13H,14H2,(H,24,26). The van der Waals surface area contributed by atoms with Gasteiger partial charge in [-0.1, -0.05) is 48.5 Å². The summed E-state index contributed by atoms with van der Waals surface area (Å²) >= 11 is 0. The Morgan fingerprint density at radius 1 is 0.852 bits per heavy atom. The highest BCUT2D eigenvalue weighted by Crippen LogP contribution is 2.19. The Kier molecular flexibility index (Phi) is 5.56. The molecule has 0 spiro atoms. The van der Waals surface area contributed by atoms with Crippen LogP contribution < -0.4 is 10.2 Å².